The van der Waals surface area contributed by atoms with E-state index in [-0.39, 0.29) is 18.3 Å². The number of allylic oxidation sites excluding steroid dienone is 2. The number of hydrogen-bond acceptors (Lipinski definition) is 2. The van der Waals surface area contributed by atoms with Crippen LogP contribution >= 0.6 is 12.4 Å². The largest absolute Gasteiger partial charge is 0.481 e. The Morgan fingerprint density at radius 3 is 2.62 bits per heavy atom. The van der Waals surface area contributed by atoms with Crippen molar-refractivity contribution in [2.45, 2.75) is 31.6 Å². The van der Waals surface area contributed by atoms with Crippen LogP contribution in [0.1, 0.15) is 31.7 Å². The minimum Gasteiger partial charge on any atom is -0.481 e. The van der Waals surface area contributed by atoms with Crippen molar-refractivity contribution < 1.29 is 9.90 Å². The van der Waals surface area contributed by atoms with E-state index in [1.807, 2.05) is 43.3 Å². The van der Waals surface area contributed by atoms with Crippen molar-refractivity contribution in [1.29, 1.82) is 0 Å². The Bertz CT molecular complexity index is 527. The molecule has 3 nitrogen and oxygen atoms in total. The molecule has 1 N–H and O–H groups in total. The molecule has 0 unspecified atom stereocenters. The van der Waals surface area contributed by atoms with E-state index < -0.39 is 11.4 Å². The number of aliphatic carboxylic acids is 1. The zero-order valence-electron chi connectivity index (χ0n) is 12.9. The zero-order chi connectivity index (χ0) is 14.8. The minimum absolute atomic E-state index is 0. The highest BCUT2D eigenvalue weighted by atomic mass is 35.5. The molecule has 0 amide bonds. The van der Waals surface area contributed by atoms with Crippen LogP contribution in [0.4, 0.5) is 5.69 Å². The number of hydrogen-bond donors (Lipinski definition) is 1. The molecule has 0 aromatic heterocycles. The molecule has 1 aliphatic rings. The average molecular weight is 310 g/mol. The van der Waals surface area contributed by atoms with E-state index in [1.165, 1.54) is 0 Å². The summed E-state index contributed by atoms with van der Waals surface area (Å²) in [5.74, 6) is -0.655. The van der Waals surface area contributed by atoms with Gasteiger partial charge in [0.15, 0.2) is 0 Å². The Morgan fingerprint density at radius 2 is 2.05 bits per heavy atom. The third-order valence-corrected chi connectivity index (χ3v) is 4.39. The molecule has 0 fully saturated rings. The number of halogens is 1. The second-order valence-corrected chi connectivity index (χ2v) is 5.67. The van der Waals surface area contributed by atoms with Gasteiger partial charge in [0.1, 0.15) is 5.41 Å². The van der Waals surface area contributed by atoms with Gasteiger partial charge in [0.2, 0.25) is 0 Å². The van der Waals surface area contributed by atoms with E-state index >= 15 is 0 Å². The van der Waals surface area contributed by atoms with Crippen molar-refractivity contribution in [3.63, 3.8) is 0 Å². The smallest absolute Gasteiger partial charge is 0.314 e. The number of benzene rings is 1. The maximum absolute atomic E-state index is 12.2. The van der Waals surface area contributed by atoms with E-state index in [0.29, 0.717) is 6.42 Å². The van der Waals surface area contributed by atoms with Crippen LogP contribution in [0.5, 0.6) is 0 Å². The van der Waals surface area contributed by atoms with Crippen molar-refractivity contribution in [2.75, 3.05) is 19.0 Å². The summed E-state index contributed by atoms with van der Waals surface area (Å²) in [6, 6.07) is 7.89. The lowest BCUT2D eigenvalue weighted by Crippen LogP contribution is -2.44. The first kappa shape index (κ1) is 17.6. The molecule has 2 atom stereocenters. The predicted octanol–water partition coefficient (Wildman–Crippen LogP) is 3.87. The summed E-state index contributed by atoms with van der Waals surface area (Å²) in [5, 5.41) is 10.00. The highest BCUT2D eigenvalue weighted by Crippen LogP contribution is 2.46. The fraction of sp³-hybridized carbons (Fsp3) is 0.471. The van der Waals surface area contributed by atoms with E-state index in [1.54, 1.807) is 0 Å². The van der Waals surface area contributed by atoms with Gasteiger partial charge in [0, 0.05) is 19.8 Å². The van der Waals surface area contributed by atoms with Gasteiger partial charge in [-0.25, -0.2) is 0 Å². The van der Waals surface area contributed by atoms with E-state index in [9.17, 15) is 9.90 Å². The summed E-state index contributed by atoms with van der Waals surface area (Å²) in [6.45, 7) is 2.07. The monoisotopic (exact) mass is 309 g/mol. The summed E-state index contributed by atoms with van der Waals surface area (Å²) in [4.78, 5) is 14.2. The molecule has 0 saturated heterocycles. The molecular weight excluding hydrogens is 286 g/mol. The van der Waals surface area contributed by atoms with Crippen LogP contribution in [-0.2, 0) is 10.2 Å². The van der Waals surface area contributed by atoms with Gasteiger partial charge in [0.05, 0.1) is 0 Å². The first-order chi connectivity index (χ1) is 9.54. The Kier molecular flexibility index (Phi) is 5.85. The summed E-state index contributed by atoms with van der Waals surface area (Å²) in [6.07, 6.45) is 6.54. The Balaban J connectivity index is 0.00000220. The number of para-hydroxylation sites is 1. The maximum atomic E-state index is 12.2. The summed E-state index contributed by atoms with van der Waals surface area (Å²) < 4.78 is 0. The van der Waals surface area contributed by atoms with Crippen LogP contribution in [0.2, 0.25) is 0 Å². The molecule has 0 radical (unpaired) electrons. The number of carboxylic acid groups (broad SMARTS) is 1. The summed E-state index contributed by atoms with van der Waals surface area (Å²) >= 11 is 0. The van der Waals surface area contributed by atoms with Gasteiger partial charge in [0.25, 0.3) is 0 Å². The van der Waals surface area contributed by atoms with Gasteiger partial charge < -0.3 is 10.0 Å². The molecule has 1 aromatic rings. The second-order valence-electron chi connectivity index (χ2n) is 5.67. The molecule has 0 heterocycles. The van der Waals surface area contributed by atoms with Gasteiger partial charge in [-0.2, -0.15) is 0 Å². The molecule has 0 aliphatic heterocycles. The fourth-order valence-corrected chi connectivity index (χ4v) is 3.36. The van der Waals surface area contributed by atoms with Crippen molar-refractivity contribution in [3.8, 4) is 0 Å². The third-order valence-electron chi connectivity index (χ3n) is 4.39. The third kappa shape index (κ3) is 2.93. The molecule has 2 rings (SSSR count). The lowest BCUT2D eigenvalue weighted by atomic mass is 9.63. The van der Waals surface area contributed by atoms with Crippen LogP contribution in [0.15, 0.2) is 36.4 Å². The molecule has 116 valence electrons. The summed E-state index contributed by atoms with van der Waals surface area (Å²) in [5.41, 5.74) is 1.14. The second kappa shape index (κ2) is 6.99. The zero-order valence-corrected chi connectivity index (χ0v) is 13.7. The van der Waals surface area contributed by atoms with Crippen molar-refractivity contribution >= 4 is 24.1 Å². The van der Waals surface area contributed by atoms with Crippen LogP contribution < -0.4 is 4.90 Å². The van der Waals surface area contributed by atoms with Gasteiger partial charge in [-0.15, -0.1) is 12.4 Å². The van der Waals surface area contributed by atoms with Gasteiger partial charge in [-0.3, -0.25) is 4.79 Å². The number of nitrogens with zero attached hydrogens (tertiary/aromatic N) is 1. The van der Waals surface area contributed by atoms with E-state index in [4.69, 9.17) is 0 Å². The van der Waals surface area contributed by atoms with E-state index in [0.717, 1.165) is 24.1 Å². The van der Waals surface area contributed by atoms with Crippen LogP contribution in [0, 0.1) is 5.92 Å². The molecule has 21 heavy (non-hydrogen) atoms. The molecule has 0 bridgehead atoms. The van der Waals surface area contributed by atoms with Gasteiger partial charge in [-0.1, -0.05) is 37.3 Å². The van der Waals surface area contributed by atoms with Gasteiger partial charge >= 0.3 is 5.97 Å². The minimum atomic E-state index is -0.801. The lowest BCUT2D eigenvalue weighted by molar-refractivity contribution is -0.146. The van der Waals surface area contributed by atoms with Crippen LogP contribution in [-0.4, -0.2) is 25.2 Å². The highest BCUT2D eigenvalue weighted by molar-refractivity contribution is 5.85. The Morgan fingerprint density at radius 1 is 1.38 bits per heavy atom. The van der Waals surface area contributed by atoms with E-state index in [2.05, 4.69) is 19.1 Å². The number of carboxylic acids is 1. The topological polar surface area (TPSA) is 40.5 Å². The van der Waals surface area contributed by atoms with Crippen LogP contribution in [0.3, 0.4) is 0 Å². The first-order valence-electron chi connectivity index (χ1n) is 7.21. The molecule has 1 aromatic carbocycles. The molecule has 4 heteroatoms. The number of rotatable bonds is 4. The average Bonchev–Trinajstić information content (AvgIpc) is 2.46. The van der Waals surface area contributed by atoms with Crippen molar-refractivity contribution in [1.82, 2.24) is 0 Å². The van der Waals surface area contributed by atoms with Gasteiger partial charge in [-0.05, 0) is 36.8 Å². The quantitative estimate of drug-likeness (QED) is 0.858. The highest BCUT2D eigenvalue weighted by Gasteiger charge is 2.47. The maximum Gasteiger partial charge on any atom is 0.314 e. The Labute approximate surface area is 133 Å². The predicted molar refractivity (Wildman–Crippen MR) is 89.5 cm³/mol. The number of carbonyl (C=O) groups is 1. The molecule has 0 spiro atoms. The van der Waals surface area contributed by atoms with Crippen molar-refractivity contribution in [2.24, 2.45) is 5.92 Å². The Hall–Kier alpha value is -1.48. The SMILES string of the molecule is CC[C@@H]1C=CCC[C@]1(C(=O)O)c1ccccc1N(C)C.Cl. The molecule has 0 saturated carbocycles. The lowest BCUT2D eigenvalue weighted by Gasteiger charge is -2.40. The van der Waals surface area contributed by atoms with Crippen LogP contribution in [0.25, 0.3) is 0 Å². The fourth-order valence-electron chi connectivity index (χ4n) is 3.36. The molecular formula is C17H24ClNO2. The van der Waals surface area contributed by atoms with Crippen molar-refractivity contribution in [3.05, 3.63) is 42.0 Å². The standard InChI is InChI=1S/C17H23NO2.ClH/c1-4-13-9-7-8-12-17(13,16(19)20)14-10-5-6-11-15(14)18(2)3;/h5-7,9-11,13H,4,8,12H2,1-3H3,(H,19,20);1H/t13-,17-;/m1./s1. The number of anilines is 1. The molecule has 1 aliphatic carbocycles. The first-order valence-corrected chi connectivity index (χ1v) is 7.21. The normalized spacial score (nSPS) is 24.2. The summed E-state index contributed by atoms with van der Waals surface area (Å²) in [7, 11) is 3.93.